The number of benzene rings is 2. The zero-order valence-corrected chi connectivity index (χ0v) is 19.7. The van der Waals surface area contributed by atoms with Gasteiger partial charge in [-0.05, 0) is 42.7 Å². The Kier molecular flexibility index (Phi) is 9.56. The van der Waals surface area contributed by atoms with Crippen LogP contribution < -0.4 is 10.3 Å². The quantitative estimate of drug-likeness (QED) is 0.348. The molecule has 1 heterocycles. The predicted octanol–water partition coefficient (Wildman–Crippen LogP) is 6.84. The lowest BCUT2D eigenvalue weighted by atomic mass is 9.94. The Bertz CT molecular complexity index is 1210. The van der Waals surface area contributed by atoms with Crippen LogP contribution in [0.4, 0.5) is 4.39 Å². The Labute approximate surface area is 201 Å². The number of methoxy groups -OCH3 is 1. The first-order valence-electron chi connectivity index (χ1n) is 11.4. The maximum absolute atomic E-state index is 14.5. The Morgan fingerprint density at radius 2 is 1.76 bits per heavy atom. The summed E-state index contributed by atoms with van der Waals surface area (Å²) >= 11 is 0. The second-order valence-corrected chi connectivity index (χ2v) is 8.22. The lowest BCUT2D eigenvalue weighted by Crippen LogP contribution is -2.27. The fourth-order valence-electron chi connectivity index (χ4n) is 4.16. The molecule has 34 heavy (non-hydrogen) atoms. The van der Waals surface area contributed by atoms with E-state index in [1.54, 1.807) is 49.1 Å². The molecule has 0 bridgehead atoms. The summed E-state index contributed by atoms with van der Waals surface area (Å²) in [6, 6.07) is 13.4. The van der Waals surface area contributed by atoms with Crippen LogP contribution in [0.15, 0.2) is 47.3 Å². The zero-order valence-electron chi connectivity index (χ0n) is 19.7. The lowest BCUT2D eigenvalue weighted by molar-refractivity contribution is 0.415. The van der Waals surface area contributed by atoms with Crippen LogP contribution in [0.2, 0.25) is 0 Å². The third-order valence-electron chi connectivity index (χ3n) is 5.98. The highest BCUT2D eigenvalue weighted by atomic mass is 19.1. The number of halogens is 1. The molecule has 3 aromatic rings. The number of hydrogen-bond donors (Lipinski definition) is 0. The molecule has 0 aliphatic rings. The van der Waals surface area contributed by atoms with E-state index in [1.165, 1.54) is 12.1 Å². The highest BCUT2D eigenvalue weighted by Gasteiger charge is 2.23. The minimum Gasteiger partial charge on any atom is -0.497 e. The molecule has 180 valence electrons. The zero-order chi connectivity index (χ0) is 24.0. The minimum atomic E-state index is -0.629. The molecule has 0 spiro atoms. The highest BCUT2D eigenvalue weighted by Crippen LogP contribution is 2.33. The van der Waals surface area contributed by atoms with Crippen LogP contribution in [-0.2, 0) is 7.05 Å². The third-order valence-corrected chi connectivity index (χ3v) is 5.98. The van der Waals surface area contributed by atoms with E-state index in [2.05, 4.69) is 13.8 Å². The molecule has 2 aromatic carbocycles. The summed E-state index contributed by atoms with van der Waals surface area (Å²) in [4.78, 5) is 18.6. The summed E-state index contributed by atoms with van der Waals surface area (Å²) in [5.41, 5.74) is 1.76. The molecule has 6 heteroatoms. The van der Waals surface area contributed by atoms with Crippen LogP contribution in [0.3, 0.4) is 0 Å². The summed E-state index contributed by atoms with van der Waals surface area (Å²) in [7, 11) is 3.34. The van der Waals surface area contributed by atoms with E-state index in [-0.39, 0.29) is 24.5 Å². The number of rotatable bonds is 9. The van der Waals surface area contributed by atoms with E-state index in [4.69, 9.17) is 15.0 Å². The Balaban J connectivity index is 0.00000408. The van der Waals surface area contributed by atoms with Crippen molar-refractivity contribution in [1.29, 1.82) is 5.26 Å². The normalized spacial score (nSPS) is 11.4. The maximum Gasteiger partial charge on any atom is 0.261 e. The van der Waals surface area contributed by atoms with Crippen LogP contribution in [0.1, 0.15) is 70.7 Å². The molecule has 5 nitrogen and oxygen atoms in total. The van der Waals surface area contributed by atoms with Crippen LogP contribution in [0.25, 0.3) is 22.4 Å². The Hall–Kier alpha value is -3.46. The van der Waals surface area contributed by atoms with Gasteiger partial charge in [0.15, 0.2) is 0 Å². The summed E-state index contributed by atoms with van der Waals surface area (Å²) in [5.74, 6) is 0.899. The van der Waals surface area contributed by atoms with Crippen molar-refractivity contribution in [2.45, 2.75) is 59.3 Å². The third kappa shape index (κ3) is 5.53. The van der Waals surface area contributed by atoms with Gasteiger partial charge in [-0.2, -0.15) is 5.26 Å². The average Bonchev–Trinajstić information content (AvgIpc) is 2.83. The average molecular weight is 464 g/mol. The van der Waals surface area contributed by atoms with E-state index in [9.17, 15) is 9.18 Å². The number of nitriles is 1. The summed E-state index contributed by atoms with van der Waals surface area (Å²) in [5, 5.41) is 9.13. The summed E-state index contributed by atoms with van der Waals surface area (Å²) in [6.07, 6.45) is 4.94. The monoisotopic (exact) mass is 463 g/mol. The van der Waals surface area contributed by atoms with Crippen molar-refractivity contribution in [2.75, 3.05) is 7.11 Å². The van der Waals surface area contributed by atoms with Crippen molar-refractivity contribution in [1.82, 2.24) is 9.55 Å². The van der Waals surface area contributed by atoms with Gasteiger partial charge in [-0.25, -0.2) is 9.37 Å². The van der Waals surface area contributed by atoms with Crippen molar-refractivity contribution in [3.05, 3.63) is 70.0 Å². The van der Waals surface area contributed by atoms with Gasteiger partial charge in [-0.15, -0.1) is 0 Å². The molecular formula is C28H34FN3O2. The molecule has 0 amide bonds. The first kappa shape index (κ1) is 26.8. The smallest absolute Gasteiger partial charge is 0.261 e. The van der Waals surface area contributed by atoms with Gasteiger partial charge < -0.3 is 4.74 Å². The van der Waals surface area contributed by atoms with Crippen molar-refractivity contribution in [2.24, 2.45) is 7.05 Å². The van der Waals surface area contributed by atoms with Crippen molar-refractivity contribution >= 4 is 0 Å². The van der Waals surface area contributed by atoms with Crippen LogP contribution in [0, 0.1) is 17.1 Å². The molecule has 0 N–H and O–H groups in total. The largest absolute Gasteiger partial charge is 0.497 e. The van der Waals surface area contributed by atoms with Gasteiger partial charge >= 0.3 is 0 Å². The molecule has 0 radical (unpaired) electrons. The summed E-state index contributed by atoms with van der Waals surface area (Å²) in [6.45, 7) is 4.27. The Morgan fingerprint density at radius 1 is 1.09 bits per heavy atom. The molecule has 0 saturated heterocycles. The molecule has 0 aliphatic heterocycles. The first-order valence-corrected chi connectivity index (χ1v) is 11.4. The number of ether oxygens (including phenoxy) is 1. The molecule has 1 aromatic heterocycles. The molecular weight excluding hydrogens is 429 g/mol. The van der Waals surface area contributed by atoms with Crippen molar-refractivity contribution in [3.8, 4) is 34.2 Å². The van der Waals surface area contributed by atoms with Gasteiger partial charge in [-0.1, -0.05) is 58.7 Å². The molecule has 0 aliphatic carbocycles. The molecule has 0 saturated carbocycles. The fourth-order valence-corrected chi connectivity index (χ4v) is 4.16. The number of hydrogen-bond acceptors (Lipinski definition) is 4. The van der Waals surface area contributed by atoms with E-state index < -0.39 is 5.82 Å². The predicted molar refractivity (Wildman–Crippen MR) is 135 cm³/mol. The number of aromatic nitrogens is 2. The first-order chi connectivity index (χ1) is 15.9. The molecule has 0 fully saturated rings. The van der Waals surface area contributed by atoms with Gasteiger partial charge in [-0.3, -0.25) is 9.36 Å². The second kappa shape index (κ2) is 12.1. The van der Waals surface area contributed by atoms with Gasteiger partial charge in [0, 0.05) is 18.5 Å². The van der Waals surface area contributed by atoms with Crippen LogP contribution in [0.5, 0.6) is 5.75 Å². The number of unbranched alkanes of at least 4 members (excludes halogenated alkanes) is 1. The topological polar surface area (TPSA) is 67.9 Å². The van der Waals surface area contributed by atoms with Crippen molar-refractivity contribution < 1.29 is 9.13 Å². The maximum atomic E-state index is 14.5. The van der Waals surface area contributed by atoms with Gasteiger partial charge in [0.05, 0.1) is 23.9 Å². The van der Waals surface area contributed by atoms with E-state index in [0.717, 1.165) is 32.1 Å². The summed E-state index contributed by atoms with van der Waals surface area (Å²) < 4.78 is 21.4. The van der Waals surface area contributed by atoms with E-state index >= 15 is 0 Å². The molecule has 1 unspecified atom stereocenters. The Morgan fingerprint density at radius 3 is 2.32 bits per heavy atom. The standard InChI is InChI=1S/C27H30FN3O2.CH4/c1-5-7-9-19(8-6-2)26-30-25(20-10-11-21(17-29)23(28)16-20)24(27(32)31(26)3)18-12-14-22(33-4)15-13-18;/h10-16,19H,5-9H2,1-4H3;1H4. The van der Waals surface area contributed by atoms with Gasteiger partial charge in [0.2, 0.25) is 0 Å². The molecule has 1 atom stereocenters. The molecule has 3 rings (SSSR count). The van der Waals surface area contributed by atoms with E-state index in [1.807, 2.05) is 6.07 Å². The SMILES string of the molecule is C.CCCCC(CCC)c1nc(-c2ccc(C#N)c(F)c2)c(-c2ccc(OC)cc2)c(=O)n1C. The number of nitrogens with zero attached hydrogens (tertiary/aromatic N) is 3. The minimum absolute atomic E-state index is 0. The van der Waals surface area contributed by atoms with Crippen molar-refractivity contribution in [3.63, 3.8) is 0 Å². The lowest BCUT2D eigenvalue weighted by Gasteiger charge is -2.21. The van der Waals surface area contributed by atoms with Crippen LogP contribution >= 0.6 is 0 Å². The highest BCUT2D eigenvalue weighted by molar-refractivity contribution is 5.80. The van der Waals surface area contributed by atoms with E-state index in [0.29, 0.717) is 34.0 Å². The fraction of sp³-hybridized carbons (Fsp3) is 0.393. The van der Waals surface area contributed by atoms with Gasteiger partial charge in [0.25, 0.3) is 5.56 Å². The van der Waals surface area contributed by atoms with Crippen LogP contribution in [-0.4, -0.2) is 16.7 Å². The second-order valence-electron chi connectivity index (χ2n) is 8.22. The van der Waals surface area contributed by atoms with Gasteiger partial charge in [0.1, 0.15) is 23.5 Å².